The van der Waals surface area contributed by atoms with Crippen molar-refractivity contribution in [2.45, 2.75) is 26.3 Å². The first-order valence-corrected chi connectivity index (χ1v) is 6.29. The van der Waals surface area contributed by atoms with E-state index in [2.05, 4.69) is 10.1 Å². The van der Waals surface area contributed by atoms with Crippen LogP contribution in [0.4, 0.5) is 4.79 Å². The van der Waals surface area contributed by atoms with Crippen LogP contribution in [0.2, 0.25) is 0 Å². The lowest BCUT2D eigenvalue weighted by Crippen LogP contribution is -2.43. The van der Waals surface area contributed by atoms with Crippen LogP contribution in [-0.2, 0) is 9.53 Å². The first kappa shape index (κ1) is 14.3. The van der Waals surface area contributed by atoms with Gasteiger partial charge in [-0.3, -0.25) is 4.79 Å². The van der Waals surface area contributed by atoms with E-state index in [1.807, 2.05) is 20.1 Å². The van der Waals surface area contributed by atoms with Crippen molar-refractivity contribution in [3.05, 3.63) is 0 Å². The average molecular weight is 233 g/mol. The van der Waals surface area contributed by atoms with E-state index in [0.717, 1.165) is 5.75 Å². The molecule has 88 valence electrons. The molecule has 0 bridgehead atoms. The highest BCUT2D eigenvalue weighted by Crippen LogP contribution is 2.07. The van der Waals surface area contributed by atoms with E-state index < -0.39 is 12.1 Å². The topological polar surface area (TPSA) is 55.4 Å². The Kier molecular flexibility index (Phi) is 7.21. The molecule has 0 fully saturated rings. The van der Waals surface area contributed by atoms with Gasteiger partial charge in [-0.15, -0.1) is 0 Å². The first-order valence-electron chi connectivity index (χ1n) is 4.90. The van der Waals surface area contributed by atoms with Gasteiger partial charge in [-0.25, -0.2) is 4.79 Å². The molecule has 0 unspecified atom stereocenters. The van der Waals surface area contributed by atoms with Crippen LogP contribution < -0.4 is 5.32 Å². The van der Waals surface area contributed by atoms with Gasteiger partial charge in [0.15, 0.2) is 5.78 Å². The molecule has 0 saturated carbocycles. The molecule has 0 aliphatic rings. The fourth-order valence-electron chi connectivity index (χ4n) is 1.12. The number of alkyl carbamates (subject to hydrolysis) is 1. The van der Waals surface area contributed by atoms with Crippen LogP contribution >= 0.6 is 11.8 Å². The number of hydrogen-bond acceptors (Lipinski definition) is 4. The highest BCUT2D eigenvalue weighted by atomic mass is 32.2. The van der Waals surface area contributed by atoms with E-state index in [4.69, 9.17) is 0 Å². The van der Waals surface area contributed by atoms with Crippen LogP contribution in [0.25, 0.3) is 0 Å². The van der Waals surface area contributed by atoms with Gasteiger partial charge in [0.25, 0.3) is 0 Å². The highest BCUT2D eigenvalue weighted by molar-refractivity contribution is 7.98. The number of ether oxygens (including phenoxy) is 1. The van der Waals surface area contributed by atoms with Gasteiger partial charge >= 0.3 is 6.09 Å². The minimum atomic E-state index is -0.546. The number of amides is 1. The Balaban J connectivity index is 4.29. The Morgan fingerprint density at radius 3 is 2.40 bits per heavy atom. The second-order valence-corrected chi connectivity index (χ2v) is 4.51. The van der Waals surface area contributed by atoms with Crippen LogP contribution in [0.3, 0.4) is 0 Å². The van der Waals surface area contributed by atoms with Crippen LogP contribution in [0, 0.1) is 5.92 Å². The largest absolute Gasteiger partial charge is 0.453 e. The minimum absolute atomic E-state index is 0.0504. The molecule has 0 aromatic carbocycles. The molecule has 1 atom stereocenters. The zero-order valence-electron chi connectivity index (χ0n) is 9.70. The molecule has 0 heterocycles. The molecular formula is C10H19NO3S. The third-order valence-corrected chi connectivity index (χ3v) is 2.64. The summed E-state index contributed by atoms with van der Waals surface area (Å²) < 4.78 is 4.48. The Morgan fingerprint density at radius 2 is 2.00 bits per heavy atom. The van der Waals surface area contributed by atoms with Crippen molar-refractivity contribution in [1.29, 1.82) is 0 Å². The second kappa shape index (κ2) is 7.56. The summed E-state index contributed by atoms with van der Waals surface area (Å²) in [4.78, 5) is 22.7. The predicted molar refractivity (Wildman–Crippen MR) is 62.2 cm³/mol. The first-order chi connectivity index (χ1) is 7.02. The number of carbonyl (C=O) groups is 2. The SMILES string of the molecule is COC(=O)N[C@H](CCSC)C(=O)C(C)C. The van der Waals surface area contributed by atoms with Crippen molar-refractivity contribution in [3.8, 4) is 0 Å². The lowest BCUT2D eigenvalue weighted by molar-refractivity contribution is -0.123. The number of carbonyl (C=O) groups excluding carboxylic acids is 2. The standard InChI is InChI=1S/C10H19NO3S/c1-7(2)9(12)8(5-6-15-4)11-10(13)14-3/h7-8H,5-6H2,1-4H3,(H,11,13)/t8-/m1/s1. The van der Waals surface area contributed by atoms with Crippen molar-refractivity contribution < 1.29 is 14.3 Å². The third-order valence-electron chi connectivity index (χ3n) is 2.00. The predicted octanol–water partition coefficient (Wildman–Crippen LogP) is 1.69. The summed E-state index contributed by atoms with van der Waals surface area (Å²) in [5, 5.41) is 2.56. The van der Waals surface area contributed by atoms with Gasteiger partial charge in [-0.05, 0) is 18.4 Å². The Labute approximate surface area is 95.1 Å². The average Bonchev–Trinajstić information content (AvgIpc) is 2.22. The maximum atomic E-state index is 11.7. The van der Waals surface area contributed by atoms with Gasteiger partial charge in [0, 0.05) is 5.92 Å². The summed E-state index contributed by atoms with van der Waals surface area (Å²) in [6, 6.07) is -0.426. The molecule has 1 N–H and O–H groups in total. The van der Waals surface area contributed by atoms with Crippen LogP contribution in [-0.4, -0.2) is 37.0 Å². The molecule has 0 aliphatic carbocycles. The second-order valence-electron chi connectivity index (χ2n) is 3.53. The normalized spacial score (nSPS) is 12.3. The molecule has 15 heavy (non-hydrogen) atoms. The summed E-state index contributed by atoms with van der Waals surface area (Å²) in [6.07, 6.45) is 2.07. The maximum absolute atomic E-state index is 11.7. The maximum Gasteiger partial charge on any atom is 0.407 e. The minimum Gasteiger partial charge on any atom is -0.453 e. The molecule has 0 aromatic heterocycles. The summed E-state index contributed by atoms with van der Waals surface area (Å²) in [7, 11) is 1.29. The number of thioether (sulfide) groups is 1. The number of Topliss-reactive ketones (excluding diaryl/α,β-unsaturated/α-hetero) is 1. The Morgan fingerprint density at radius 1 is 1.40 bits per heavy atom. The molecule has 5 heteroatoms. The molecule has 0 spiro atoms. The number of rotatable bonds is 6. The summed E-state index contributed by atoms with van der Waals surface area (Å²) in [6.45, 7) is 3.65. The molecule has 0 rings (SSSR count). The van der Waals surface area contributed by atoms with Gasteiger partial charge in [0.2, 0.25) is 0 Å². The van der Waals surface area contributed by atoms with Gasteiger partial charge < -0.3 is 10.1 Å². The monoisotopic (exact) mass is 233 g/mol. The number of hydrogen-bond donors (Lipinski definition) is 1. The smallest absolute Gasteiger partial charge is 0.407 e. The van der Waals surface area contributed by atoms with Crippen LogP contribution in [0.5, 0.6) is 0 Å². The highest BCUT2D eigenvalue weighted by Gasteiger charge is 2.22. The fourth-order valence-corrected chi connectivity index (χ4v) is 1.60. The Hall–Kier alpha value is -0.710. The lowest BCUT2D eigenvalue weighted by atomic mass is 10.00. The number of methoxy groups -OCH3 is 1. The van der Waals surface area contributed by atoms with Crippen molar-refractivity contribution in [1.82, 2.24) is 5.32 Å². The van der Waals surface area contributed by atoms with Gasteiger partial charge in [0.1, 0.15) is 0 Å². The van der Waals surface area contributed by atoms with E-state index in [1.165, 1.54) is 7.11 Å². The van der Waals surface area contributed by atoms with Gasteiger partial charge in [-0.1, -0.05) is 13.8 Å². The van der Waals surface area contributed by atoms with Crippen LogP contribution in [0.15, 0.2) is 0 Å². The zero-order valence-corrected chi connectivity index (χ0v) is 10.5. The van der Waals surface area contributed by atoms with Gasteiger partial charge in [0.05, 0.1) is 13.2 Å². The quantitative estimate of drug-likeness (QED) is 0.758. The summed E-state index contributed by atoms with van der Waals surface area (Å²) >= 11 is 1.65. The summed E-state index contributed by atoms with van der Waals surface area (Å²) in [5.74, 6) is 0.816. The van der Waals surface area contributed by atoms with E-state index in [9.17, 15) is 9.59 Å². The fraction of sp³-hybridized carbons (Fsp3) is 0.800. The van der Waals surface area contributed by atoms with E-state index in [-0.39, 0.29) is 11.7 Å². The number of nitrogens with one attached hydrogen (secondary N) is 1. The third kappa shape index (κ3) is 5.67. The molecular weight excluding hydrogens is 214 g/mol. The molecule has 0 radical (unpaired) electrons. The molecule has 0 aliphatic heterocycles. The van der Waals surface area contributed by atoms with Crippen LogP contribution in [0.1, 0.15) is 20.3 Å². The summed E-state index contributed by atoms with van der Waals surface area (Å²) in [5.41, 5.74) is 0. The molecule has 4 nitrogen and oxygen atoms in total. The van der Waals surface area contributed by atoms with E-state index >= 15 is 0 Å². The van der Waals surface area contributed by atoms with Crippen molar-refractivity contribution in [3.63, 3.8) is 0 Å². The van der Waals surface area contributed by atoms with Gasteiger partial charge in [-0.2, -0.15) is 11.8 Å². The Bertz CT molecular complexity index is 219. The number of ketones is 1. The molecule has 0 saturated heterocycles. The zero-order chi connectivity index (χ0) is 11.8. The van der Waals surface area contributed by atoms with E-state index in [1.54, 1.807) is 11.8 Å². The van der Waals surface area contributed by atoms with Crippen molar-refractivity contribution in [2.75, 3.05) is 19.1 Å². The molecule has 0 aromatic rings. The molecule has 1 amide bonds. The van der Waals surface area contributed by atoms with E-state index in [0.29, 0.717) is 6.42 Å². The lowest BCUT2D eigenvalue weighted by Gasteiger charge is -2.18. The van der Waals surface area contributed by atoms with Crippen molar-refractivity contribution >= 4 is 23.6 Å². The van der Waals surface area contributed by atoms with Crippen molar-refractivity contribution in [2.24, 2.45) is 5.92 Å².